The first-order chi connectivity index (χ1) is 14.3. The predicted octanol–water partition coefficient (Wildman–Crippen LogP) is 4.32. The van der Waals surface area contributed by atoms with Crippen molar-refractivity contribution in [3.8, 4) is 33.2 Å². The van der Waals surface area contributed by atoms with Gasteiger partial charge in [0.2, 0.25) is 0 Å². The van der Waals surface area contributed by atoms with Gasteiger partial charge in [-0.3, -0.25) is 15.2 Å². The lowest BCUT2D eigenvalue weighted by Gasteiger charge is -1.98. The summed E-state index contributed by atoms with van der Waals surface area (Å²) >= 11 is 1.71. The molecule has 0 saturated heterocycles. The van der Waals surface area contributed by atoms with E-state index >= 15 is 0 Å². The Morgan fingerprint density at radius 1 is 1.03 bits per heavy atom. The summed E-state index contributed by atoms with van der Waals surface area (Å²) in [6.45, 7) is 2.09. The van der Waals surface area contributed by atoms with Crippen molar-refractivity contribution in [1.29, 1.82) is 0 Å². The maximum atomic E-state index is 4.85. The summed E-state index contributed by atoms with van der Waals surface area (Å²) in [7, 11) is 0. The maximum Gasteiger partial charge on any atom is 0.181 e. The number of aryl methyl sites for hydroxylation is 1. The summed E-state index contributed by atoms with van der Waals surface area (Å²) in [5.74, 6) is 0.705. The molecule has 6 aromatic rings. The normalized spacial score (nSPS) is 11.6. The molecule has 0 aliphatic rings. The third-order valence-corrected chi connectivity index (χ3v) is 5.86. The Kier molecular flexibility index (Phi) is 3.38. The largest absolute Gasteiger partial charge is 0.337 e. The van der Waals surface area contributed by atoms with Gasteiger partial charge in [0.1, 0.15) is 16.9 Å². The van der Waals surface area contributed by atoms with E-state index in [9.17, 15) is 0 Å². The second kappa shape index (κ2) is 6.08. The standard InChI is InChI=1S/C20H14N8S/c1-10-2-3-15(29-10)18-17-14(4-5-21-18)25-20(26-17)16-13-6-11(12-8-23-24-9-12)7-22-19(13)28-27-16/h2-9H,1H3,(H,23,24)(H,25,26)(H,22,27,28). The van der Waals surface area contributed by atoms with Crippen molar-refractivity contribution in [2.75, 3.05) is 0 Å². The third kappa shape index (κ3) is 2.55. The highest BCUT2D eigenvalue weighted by atomic mass is 32.1. The van der Waals surface area contributed by atoms with Gasteiger partial charge in [-0.2, -0.15) is 10.2 Å². The van der Waals surface area contributed by atoms with Crippen molar-refractivity contribution >= 4 is 33.4 Å². The first kappa shape index (κ1) is 16.1. The molecule has 0 radical (unpaired) electrons. The summed E-state index contributed by atoms with van der Waals surface area (Å²) < 4.78 is 0. The van der Waals surface area contributed by atoms with Crippen molar-refractivity contribution < 1.29 is 0 Å². The van der Waals surface area contributed by atoms with Crippen LogP contribution in [0.2, 0.25) is 0 Å². The van der Waals surface area contributed by atoms with Crippen molar-refractivity contribution in [3.63, 3.8) is 0 Å². The van der Waals surface area contributed by atoms with Crippen LogP contribution >= 0.6 is 11.3 Å². The minimum Gasteiger partial charge on any atom is -0.337 e. The predicted molar refractivity (Wildman–Crippen MR) is 112 cm³/mol. The molecule has 8 nitrogen and oxygen atoms in total. The topological polar surface area (TPSA) is 112 Å². The first-order valence-electron chi connectivity index (χ1n) is 9.01. The molecule has 0 spiro atoms. The lowest BCUT2D eigenvalue weighted by Crippen LogP contribution is -1.84. The van der Waals surface area contributed by atoms with Gasteiger partial charge in [0.05, 0.1) is 22.0 Å². The van der Waals surface area contributed by atoms with Crippen LogP contribution in [0.15, 0.2) is 49.1 Å². The third-order valence-electron chi connectivity index (χ3n) is 4.85. The molecule has 9 heteroatoms. The number of H-pyrrole nitrogens is 3. The number of imidazole rings is 1. The van der Waals surface area contributed by atoms with Crippen LogP contribution in [-0.4, -0.2) is 40.3 Å². The molecule has 0 saturated carbocycles. The number of nitrogens with one attached hydrogen (secondary N) is 3. The molecule has 0 unspecified atom stereocenters. The molecular weight excluding hydrogens is 384 g/mol. The van der Waals surface area contributed by atoms with E-state index in [4.69, 9.17) is 4.98 Å². The molecule has 6 rings (SSSR count). The van der Waals surface area contributed by atoms with Crippen molar-refractivity contribution in [2.24, 2.45) is 0 Å². The van der Waals surface area contributed by atoms with Crippen LogP contribution in [0.5, 0.6) is 0 Å². The molecular formula is C20H14N8S. The fourth-order valence-electron chi connectivity index (χ4n) is 3.44. The van der Waals surface area contributed by atoms with Crippen LogP contribution in [-0.2, 0) is 0 Å². The molecule has 6 heterocycles. The Morgan fingerprint density at radius 2 is 2.00 bits per heavy atom. The first-order valence-corrected chi connectivity index (χ1v) is 9.83. The fourth-order valence-corrected chi connectivity index (χ4v) is 4.31. The summed E-state index contributed by atoms with van der Waals surface area (Å²) in [6.07, 6.45) is 7.20. The van der Waals surface area contributed by atoms with Crippen LogP contribution in [0, 0.1) is 6.92 Å². The minimum absolute atomic E-state index is 0.639. The zero-order chi connectivity index (χ0) is 19.4. The number of hydrogen-bond donors (Lipinski definition) is 3. The summed E-state index contributed by atoms with van der Waals surface area (Å²) in [6, 6.07) is 8.16. The maximum absolute atomic E-state index is 4.85. The molecule has 0 aromatic carbocycles. The van der Waals surface area contributed by atoms with E-state index in [-0.39, 0.29) is 0 Å². The molecule has 0 atom stereocenters. The van der Waals surface area contributed by atoms with Gasteiger partial charge in [-0.25, -0.2) is 9.97 Å². The summed E-state index contributed by atoms with van der Waals surface area (Å²) in [4.78, 5) is 19.6. The Bertz CT molecular complexity index is 1470. The number of aromatic amines is 3. The van der Waals surface area contributed by atoms with E-state index in [1.807, 2.05) is 18.3 Å². The summed E-state index contributed by atoms with van der Waals surface area (Å²) in [5, 5.41) is 15.2. The molecule has 140 valence electrons. The number of hydrogen-bond acceptors (Lipinski definition) is 6. The smallest absolute Gasteiger partial charge is 0.181 e. The Hall–Kier alpha value is -3.85. The van der Waals surface area contributed by atoms with Crippen molar-refractivity contribution in [1.82, 2.24) is 40.3 Å². The van der Waals surface area contributed by atoms with E-state index in [0.29, 0.717) is 11.5 Å². The molecule has 29 heavy (non-hydrogen) atoms. The van der Waals surface area contributed by atoms with Gasteiger partial charge in [0.15, 0.2) is 11.5 Å². The fraction of sp³-hybridized carbons (Fsp3) is 0.0500. The minimum atomic E-state index is 0.639. The van der Waals surface area contributed by atoms with Gasteiger partial charge in [0.25, 0.3) is 0 Å². The molecule has 0 aliphatic carbocycles. The molecule has 0 bridgehead atoms. The monoisotopic (exact) mass is 398 g/mol. The number of thiophene rings is 1. The highest BCUT2D eigenvalue weighted by Crippen LogP contribution is 2.33. The Balaban J connectivity index is 1.53. The number of pyridine rings is 2. The van der Waals surface area contributed by atoms with E-state index in [1.165, 1.54) is 4.88 Å². The Morgan fingerprint density at radius 3 is 2.83 bits per heavy atom. The van der Waals surface area contributed by atoms with Gasteiger partial charge in [-0.15, -0.1) is 11.3 Å². The second-order valence-electron chi connectivity index (χ2n) is 6.73. The van der Waals surface area contributed by atoms with E-state index in [2.05, 4.69) is 54.4 Å². The van der Waals surface area contributed by atoms with Crippen LogP contribution < -0.4 is 0 Å². The average molecular weight is 398 g/mol. The lowest BCUT2D eigenvalue weighted by molar-refractivity contribution is 1.09. The SMILES string of the molecule is Cc1ccc(-c2nccc3[nH]c(-c4[nH]nc5ncc(-c6cn[nH]c6)cc45)nc23)s1. The number of aromatic nitrogens is 8. The van der Waals surface area contributed by atoms with Crippen LogP contribution in [0.3, 0.4) is 0 Å². The highest BCUT2D eigenvalue weighted by molar-refractivity contribution is 7.15. The van der Waals surface area contributed by atoms with Crippen LogP contribution in [0.4, 0.5) is 0 Å². The van der Waals surface area contributed by atoms with Gasteiger partial charge in [0, 0.05) is 34.6 Å². The van der Waals surface area contributed by atoms with Crippen LogP contribution in [0.1, 0.15) is 4.88 Å². The van der Waals surface area contributed by atoms with Crippen LogP contribution in [0.25, 0.3) is 55.3 Å². The van der Waals surface area contributed by atoms with E-state index in [1.54, 1.807) is 29.9 Å². The Labute approximate surface area is 168 Å². The second-order valence-corrected chi connectivity index (χ2v) is 8.02. The molecule has 0 amide bonds. The van der Waals surface area contributed by atoms with Gasteiger partial charge in [-0.05, 0) is 31.2 Å². The lowest BCUT2D eigenvalue weighted by atomic mass is 10.1. The van der Waals surface area contributed by atoms with Gasteiger partial charge >= 0.3 is 0 Å². The molecule has 0 aliphatic heterocycles. The van der Waals surface area contributed by atoms with Gasteiger partial charge < -0.3 is 4.98 Å². The van der Waals surface area contributed by atoms with E-state index in [0.717, 1.165) is 43.8 Å². The average Bonchev–Trinajstić information content (AvgIpc) is 3.51. The molecule has 6 aromatic heterocycles. The zero-order valence-corrected chi connectivity index (χ0v) is 16.1. The quantitative estimate of drug-likeness (QED) is 0.411. The van der Waals surface area contributed by atoms with Gasteiger partial charge in [-0.1, -0.05) is 0 Å². The highest BCUT2D eigenvalue weighted by Gasteiger charge is 2.17. The number of fused-ring (bicyclic) bond motifs is 2. The molecule has 0 fully saturated rings. The molecule has 3 N–H and O–H groups in total. The van der Waals surface area contributed by atoms with E-state index < -0.39 is 0 Å². The zero-order valence-electron chi connectivity index (χ0n) is 15.3. The number of nitrogens with zero attached hydrogens (tertiary/aromatic N) is 5. The van der Waals surface area contributed by atoms with Crippen molar-refractivity contribution in [2.45, 2.75) is 6.92 Å². The van der Waals surface area contributed by atoms with Crippen molar-refractivity contribution in [3.05, 3.63) is 53.9 Å². The summed E-state index contributed by atoms with van der Waals surface area (Å²) in [5.41, 5.74) is 6.01. The number of rotatable bonds is 3.